The van der Waals surface area contributed by atoms with Crippen molar-refractivity contribution >= 4 is 23.1 Å². The summed E-state index contributed by atoms with van der Waals surface area (Å²) in [6.07, 6.45) is 6.60. The van der Waals surface area contributed by atoms with Crippen LogP contribution in [0.4, 0.5) is 0 Å². The van der Waals surface area contributed by atoms with Crippen LogP contribution in [0, 0.1) is 5.92 Å². The van der Waals surface area contributed by atoms with Crippen LogP contribution in [0.5, 0.6) is 0 Å². The van der Waals surface area contributed by atoms with Crippen molar-refractivity contribution in [2.45, 2.75) is 25.7 Å². The summed E-state index contributed by atoms with van der Waals surface area (Å²) in [5, 5.41) is 9.82. The molecule has 0 amide bonds. The summed E-state index contributed by atoms with van der Waals surface area (Å²) < 4.78 is 0. The van der Waals surface area contributed by atoms with E-state index in [1.165, 1.54) is 22.3 Å². The Bertz CT molecular complexity index is 1030. The van der Waals surface area contributed by atoms with Crippen molar-refractivity contribution in [2.24, 2.45) is 5.92 Å². The van der Waals surface area contributed by atoms with Crippen LogP contribution in [0.3, 0.4) is 0 Å². The van der Waals surface area contributed by atoms with E-state index in [0.29, 0.717) is 11.5 Å². The average molecular weight is 403 g/mol. The monoisotopic (exact) mass is 402 g/mol. The lowest BCUT2D eigenvalue weighted by Crippen LogP contribution is -2.09. The van der Waals surface area contributed by atoms with Crippen molar-refractivity contribution in [3.8, 4) is 11.1 Å². The fourth-order valence-electron chi connectivity index (χ4n) is 4.08. The Morgan fingerprint density at radius 2 is 1.62 bits per heavy atom. The molecule has 2 nitrogen and oxygen atoms in total. The molecule has 0 aromatic heterocycles. The van der Waals surface area contributed by atoms with Gasteiger partial charge in [0.05, 0.1) is 5.56 Å². The van der Waals surface area contributed by atoms with Gasteiger partial charge in [-0.25, -0.2) is 4.79 Å². The van der Waals surface area contributed by atoms with Crippen molar-refractivity contribution < 1.29 is 9.90 Å². The minimum absolute atomic E-state index is 0.335. The number of benzene rings is 3. The summed E-state index contributed by atoms with van der Waals surface area (Å²) in [4.78, 5) is 11.0. The van der Waals surface area contributed by atoms with Gasteiger partial charge in [0, 0.05) is 5.02 Å². The van der Waals surface area contributed by atoms with Crippen LogP contribution in [-0.2, 0) is 6.42 Å². The molecule has 3 heteroatoms. The smallest absolute Gasteiger partial charge is 0.335 e. The fourth-order valence-corrected chi connectivity index (χ4v) is 4.21. The molecule has 146 valence electrons. The van der Waals surface area contributed by atoms with Crippen LogP contribution in [-0.4, -0.2) is 11.1 Å². The van der Waals surface area contributed by atoms with E-state index in [1.54, 1.807) is 12.1 Å². The first-order valence-corrected chi connectivity index (χ1v) is 10.3. The number of carboxylic acid groups (broad SMARTS) is 1. The van der Waals surface area contributed by atoms with Gasteiger partial charge in [0.2, 0.25) is 0 Å². The summed E-state index contributed by atoms with van der Waals surface area (Å²) >= 11 is 6.05. The van der Waals surface area contributed by atoms with Gasteiger partial charge in [0.1, 0.15) is 0 Å². The Morgan fingerprint density at radius 1 is 0.931 bits per heavy atom. The summed E-state index contributed by atoms with van der Waals surface area (Å²) in [6.45, 7) is 0. The molecule has 4 rings (SSSR count). The quantitative estimate of drug-likeness (QED) is 0.492. The summed E-state index contributed by atoms with van der Waals surface area (Å²) in [5.74, 6) is -0.265. The SMILES string of the molecule is O=C(O)c1ccc(C2=CCC(Cc3ccccc3-c3ccc(Cl)cc3)CC2)cc1. The van der Waals surface area contributed by atoms with Gasteiger partial charge in [-0.2, -0.15) is 0 Å². The van der Waals surface area contributed by atoms with Gasteiger partial charge in [-0.15, -0.1) is 0 Å². The molecule has 1 atom stereocenters. The highest BCUT2D eigenvalue weighted by Crippen LogP contribution is 2.34. The maximum Gasteiger partial charge on any atom is 0.335 e. The minimum Gasteiger partial charge on any atom is -0.478 e. The number of hydrogen-bond acceptors (Lipinski definition) is 1. The number of allylic oxidation sites excluding steroid dienone is 2. The first-order chi connectivity index (χ1) is 14.1. The zero-order valence-corrected chi connectivity index (χ0v) is 16.9. The molecule has 0 spiro atoms. The largest absolute Gasteiger partial charge is 0.478 e. The number of carbonyl (C=O) groups is 1. The lowest BCUT2D eigenvalue weighted by molar-refractivity contribution is 0.0697. The van der Waals surface area contributed by atoms with Gasteiger partial charge in [-0.1, -0.05) is 66.2 Å². The van der Waals surface area contributed by atoms with Gasteiger partial charge in [0.25, 0.3) is 0 Å². The number of aromatic carboxylic acids is 1. The third-order valence-corrected chi connectivity index (χ3v) is 5.96. The predicted octanol–water partition coefficient (Wildman–Crippen LogP) is 7.13. The molecule has 0 radical (unpaired) electrons. The van der Waals surface area contributed by atoms with Gasteiger partial charge < -0.3 is 5.11 Å². The van der Waals surface area contributed by atoms with E-state index in [1.807, 2.05) is 24.3 Å². The Balaban J connectivity index is 1.47. The lowest BCUT2D eigenvalue weighted by Gasteiger charge is -2.23. The Labute approximate surface area is 176 Å². The Hall–Kier alpha value is -2.84. The molecule has 3 aromatic carbocycles. The summed E-state index contributed by atoms with van der Waals surface area (Å²) in [6, 6.07) is 23.9. The van der Waals surface area contributed by atoms with Crippen molar-refractivity contribution in [2.75, 3.05) is 0 Å². The Morgan fingerprint density at radius 3 is 2.28 bits per heavy atom. The molecular weight excluding hydrogens is 380 g/mol. The highest BCUT2D eigenvalue weighted by molar-refractivity contribution is 6.30. The zero-order chi connectivity index (χ0) is 20.2. The van der Waals surface area contributed by atoms with Crippen LogP contribution >= 0.6 is 11.6 Å². The van der Waals surface area contributed by atoms with Crippen LogP contribution in [0.25, 0.3) is 16.7 Å². The van der Waals surface area contributed by atoms with Gasteiger partial charge >= 0.3 is 5.97 Å². The molecule has 1 unspecified atom stereocenters. The summed E-state index contributed by atoms with van der Waals surface area (Å²) in [7, 11) is 0. The highest BCUT2D eigenvalue weighted by atomic mass is 35.5. The average Bonchev–Trinajstić information content (AvgIpc) is 2.75. The van der Waals surface area contributed by atoms with Crippen LogP contribution in [0.2, 0.25) is 5.02 Å². The van der Waals surface area contributed by atoms with Crippen molar-refractivity contribution in [3.63, 3.8) is 0 Å². The van der Waals surface area contributed by atoms with Crippen LogP contribution in [0.15, 0.2) is 78.9 Å². The van der Waals surface area contributed by atoms with E-state index in [9.17, 15) is 4.79 Å². The molecule has 1 aliphatic rings. The molecular formula is C26H23ClO2. The number of halogens is 1. The molecule has 0 bridgehead atoms. The molecule has 0 saturated carbocycles. The molecule has 3 aromatic rings. The van der Waals surface area contributed by atoms with Gasteiger partial charge in [-0.05, 0) is 83.7 Å². The van der Waals surface area contributed by atoms with E-state index in [2.05, 4.69) is 42.5 Å². The minimum atomic E-state index is -0.881. The number of hydrogen-bond donors (Lipinski definition) is 1. The predicted molar refractivity (Wildman–Crippen MR) is 119 cm³/mol. The molecule has 0 fully saturated rings. The first kappa shape index (κ1) is 19.5. The first-order valence-electron chi connectivity index (χ1n) is 9.97. The maximum absolute atomic E-state index is 11.0. The van der Waals surface area contributed by atoms with Crippen LogP contribution < -0.4 is 0 Å². The highest BCUT2D eigenvalue weighted by Gasteiger charge is 2.18. The van der Waals surface area contributed by atoms with Crippen molar-refractivity contribution in [1.82, 2.24) is 0 Å². The topological polar surface area (TPSA) is 37.3 Å². The van der Waals surface area contributed by atoms with Crippen molar-refractivity contribution in [1.29, 1.82) is 0 Å². The fraction of sp³-hybridized carbons (Fsp3) is 0.192. The van der Waals surface area contributed by atoms with Gasteiger partial charge in [-0.3, -0.25) is 0 Å². The van der Waals surface area contributed by atoms with Crippen LogP contribution in [0.1, 0.15) is 40.7 Å². The van der Waals surface area contributed by atoms with Gasteiger partial charge in [0.15, 0.2) is 0 Å². The van der Waals surface area contributed by atoms with E-state index < -0.39 is 5.97 Å². The molecule has 0 saturated heterocycles. The molecule has 0 heterocycles. The lowest BCUT2D eigenvalue weighted by atomic mass is 9.82. The number of carboxylic acids is 1. The van der Waals surface area contributed by atoms with E-state index in [4.69, 9.17) is 16.7 Å². The second kappa shape index (κ2) is 8.67. The van der Waals surface area contributed by atoms with E-state index in [0.717, 1.165) is 36.3 Å². The second-order valence-corrected chi connectivity index (χ2v) is 8.06. The van der Waals surface area contributed by atoms with E-state index >= 15 is 0 Å². The summed E-state index contributed by atoms with van der Waals surface area (Å²) in [5.41, 5.74) is 6.65. The van der Waals surface area contributed by atoms with Crippen molar-refractivity contribution in [3.05, 3.63) is 101 Å². The standard InChI is InChI=1S/C26H23ClO2/c27-24-15-13-21(14-16-24)25-4-2-1-3-23(25)17-18-5-7-19(8-6-18)20-9-11-22(12-10-20)26(28)29/h1-4,7,9-16,18H,5-6,8,17H2,(H,28,29). The normalized spacial score (nSPS) is 16.3. The third-order valence-electron chi connectivity index (χ3n) is 5.70. The molecule has 29 heavy (non-hydrogen) atoms. The van der Waals surface area contributed by atoms with E-state index in [-0.39, 0.29) is 0 Å². The molecule has 1 N–H and O–H groups in total. The zero-order valence-electron chi connectivity index (χ0n) is 16.1. The third kappa shape index (κ3) is 4.60. The maximum atomic E-state index is 11.0. The molecule has 1 aliphatic carbocycles. The molecule has 0 aliphatic heterocycles. The Kier molecular flexibility index (Phi) is 5.82. The number of rotatable bonds is 5. The second-order valence-electron chi connectivity index (χ2n) is 7.62.